The normalized spacial score (nSPS) is 10.4. The van der Waals surface area contributed by atoms with Gasteiger partial charge in [0, 0.05) is 29.5 Å². The van der Waals surface area contributed by atoms with Gasteiger partial charge in [-0.25, -0.2) is 9.97 Å². The Balaban J connectivity index is 1.66. The fourth-order valence-corrected chi connectivity index (χ4v) is 2.13. The zero-order chi connectivity index (χ0) is 15.4. The lowest BCUT2D eigenvalue weighted by Crippen LogP contribution is -2.33. The van der Waals surface area contributed by atoms with E-state index in [0.29, 0.717) is 5.95 Å². The van der Waals surface area contributed by atoms with Gasteiger partial charge in [0.15, 0.2) is 0 Å². The number of amides is 1. The van der Waals surface area contributed by atoms with Gasteiger partial charge in [0.05, 0.1) is 7.11 Å². The molecule has 0 radical (unpaired) electrons. The number of anilines is 1. The molecule has 2 aromatic heterocycles. The van der Waals surface area contributed by atoms with E-state index < -0.39 is 0 Å². The summed E-state index contributed by atoms with van der Waals surface area (Å²) in [5, 5.41) is 1.02. The molecule has 2 heterocycles. The number of nitrogens with one attached hydrogen (secondary N) is 2. The van der Waals surface area contributed by atoms with Crippen molar-refractivity contribution in [1.82, 2.24) is 20.0 Å². The van der Waals surface area contributed by atoms with Gasteiger partial charge in [-0.2, -0.15) is 0 Å². The van der Waals surface area contributed by atoms with E-state index in [1.807, 2.05) is 35.0 Å². The second-order valence-electron chi connectivity index (χ2n) is 4.61. The minimum absolute atomic E-state index is 0.190. The molecule has 0 saturated carbocycles. The second kappa shape index (κ2) is 6.13. The quantitative estimate of drug-likeness (QED) is 0.699. The van der Waals surface area contributed by atoms with Gasteiger partial charge < -0.3 is 9.30 Å². The van der Waals surface area contributed by atoms with E-state index in [2.05, 4.69) is 20.8 Å². The first kappa shape index (κ1) is 13.9. The molecule has 0 saturated heterocycles. The predicted octanol–water partition coefficient (Wildman–Crippen LogP) is 1.58. The molecule has 2 N–H and O–H groups in total. The van der Waals surface area contributed by atoms with Gasteiger partial charge >= 0.3 is 0 Å². The number of hydrogen-bond donors (Lipinski definition) is 2. The van der Waals surface area contributed by atoms with Crippen molar-refractivity contribution in [1.29, 1.82) is 0 Å². The third-order valence-corrected chi connectivity index (χ3v) is 3.17. The van der Waals surface area contributed by atoms with Crippen LogP contribution in [0.5, 0.6) is 5.75 Å². The van der Waals surface area contributed by atoms with Gasteiger partial charge in [-0.05, 0) is 30.3 Å². The molecular weight excluding hydrogens is 282 g/mol. The molecule has 1 amide bonds. The standard InChI is InChI=1S/C15H15N5O2/c1-22-12-3-4-13-11(9-12)5-8-20(13)10-14(21)18-19-15-16-6-2-7-17-15/h2-9H,10H2,1H3,(H,18,21)(H,16,17,19). The highest BCUT2D eigenvalue weighted by Gasteiger charge is 2.07. The van der Waals surface area contributed by atoms with Crippen LogP contribution >= 0.6 is 0 Å². The molecule has 1 aromatic carbocycles. The summed E-state index contributed by atoms with van der Waals surface area (Å²) in [6, 6.07) is 9.37. The van der Waals surface area contributed by atoms with E-state index in [4.69, 9.17) is 4.74 Å². The summed E-state index contributed by atoms with van der Waals surface area (Å²) in [4.78, 5) is 19.9. The van der Waals surface area contributed by atoms with Crippen LogP contribution in [0.2, 0.25) is 0 Å². The van der Waals surface area contributed by atoms with Gasteiger partial charge in [0.2, 0.25) is 5.95 Å². The number of methoxy groups -OCH3 is 1. The van der Waals surface area contributed by atoms with Crippen molar-refractivity contribution in [3.05, 3.63) is 48.9 Å². The zero-order valence-electron chi connectivity index (χ0n) is 12.0. The summed E-state index contributed by atoms with van der Waals surface area (Å²) in [5.74, 6) is 0.941. The van der Waals surface area contributed by atoms with Crippen molar-refractivity contribution in [3.63, 3.8) is 0 Å². The third-order valence-electron chi connectivity index (χ3n) is 3.17. The highest BCUT2D eigenvalue weighted by molar-refractivity contribution is 5.84. The summed E-state index contributed by atoms with van der Waals surface area (Å²) in [6.45, 7) is 0.190. The van der Waals surface area contributed by atoms with E-state index in [1.165, 1.54) is 0 Å². The molecule has 0 spiro atoms. The van der Waals surface area contributed by atoms with Crippen molar-refractivity contribution in [2.75, 3.05) is 12.5 Å². The Hall–Kier alpha value is -3.09. The molecule has 0 fully saturated rings. The number of carbonyl (C=O) groups excluding carboxylic acids is 1. The number of fused-ring (bicyclic) bond motifs is 1. The number of rotatable bonds is 5. The molecule has 0 aliphatic rings. The molecule has 3 rings (SSSR count). The smallest absolute Gasteiger partial charge is 0.258 e. The number of aromatic nitrogens is 3. The van der Waals surface area contributed by atoms with E-state index in [0.717, 1.165) is 16.7 Å². The molecule has 0 aliphatic carbocycles. The third kappa shape index (κ3) is 2.98. The van der Waals surface area contributed by atoms with E-state index >= 15 is 0 Å². The molecule has 7 heteroatoms. The lowest BCUT2D eigenvalue weighted by Gasteiger charge is -2.08. The Labute approximate surface area is 126 Å². The second-order valence-corrected chi connectivity index (χ2v) is 4.61. The number of benzene rings is 1. The lowest BCUT2D eigenvalue weighted by atomic mass is 10.2. The Bertz CT molecular complexity index is 785. The minimum atomic E-state index is -0.194. The number of ether oxygens (including phenoxy) is 1. The lowest BCUT2D eigenvalue weighted by molar-refractivity contribution is -0.121. The fourth-order valence-electron chi connectivity index (χ4n) is 2.13. The molecule has 0 atom stereocenters. The molecule has 7 nitrogen and oxygen atoms in total. The van der Waals surface area contributed by atoms with E-state index in [9.17, 15) is 4.79 Å². The SMILES string of the molecule is COc1ccc2c(ccn2CC(=O)NNc2ncccn2)c1. The van der Waals surface area contributed by atoms with Crippen LogP contribution in [0.4, 0.5) is 5.95 Å². The van der Waals surface area contributed by atoms with Gasteiger partial charge in [0.1, 0.15) is 12.3 Å². The number of hydrogen-bond acceptors (Lipinski definition) is 5. The molecule has 112 valence electrons. The Kier molecular flexibility index (Phi) is 3.86. The van der Waals surface area contributed by atoms with Gasteiger partial charge in [-0.15, -0.1) is 0 Å². The van der Waals surface area contributed by atoms with Crippen LogP contribution < -0.4 is 15.6 Å². The predicted molar refractivity (Wildman–Crippen MR) is 82.3 cm³/mol. The van der Waals surface area contributed by atoms with E-state index in [-0.39, 0.29) is 12.5 Å². The summed E-state index contributed by atoms with van der Waals surface area (Å²) in [6.07, 6.45) is 5.05. The fraction of sp³-hybridized carbons (Fsp3) is 0.133. The van der Waals surface area contributed by atoms with Crippen LogP contribution in [-0.2, 0) is 11.3 Å². The summed E-state index contributed by atoms with van der Waals surface area (Å²) < 4.78 is 7.05. The molecule has 0 aliphatic heterocycles. The number of nitrogens with zero attached hydrogens (tertiary/aromatic N) is 3. The first-order chi connectivity index (χ1) is 10.8. The van der Waals surface area contributed by atoms with Crippen molar-refractivity contribution in [3.8, 4) is 5.75 Å². The van der Waals surface area contributed by atoms with Gasteiger partial charge in [-0.3, -0.25) is 15.6 Å². The van der Waals surface area contributed by atoms with Crippen molar-refractivity contribution < 1.29 is 9.53 Å². The Morgan fingerprint density at radius 3 is 2.86 bits per heavy atom. The average Bonchev–Trinajstić information content (AvgIpc) is 2.96. The highest BCUT2D eigenvalue weighted by Crippen LogP contribution is 2.21. The maximum atomic E-state index is 12.0. The van der Waals surface area contributed by atoms with Crippen LogP contribution in [0.1, 0.15) is 0 Å². The maximum Gasteiger partial charge on any atom is 0.258 e. The van der Waals surface area contributed by atoms with Gasteiger partial charge in [0.25, 0.3) is 5.91 Å². The molecule has 0 unspecified atom stereocenters. The van der Waals surface area contributed by atoms with Gasteiger partial charge in [-0.1, -0.05) is 0 Å². The van der Waals surface area contributed by atoms with Crippen molar-refractivity contribution >= 4 is 22.8 Å². The number of hydrazine groups is 1. The van der Waals surface area contributed by atoms with Crippen LogP contribution in [0.3, 0.4) is 0 Å². The first-order valence-electron chi connectivity index (χ1n) is 6.71. The zero-order valence-corrected chi connectivity index (χ0v) is 12.0. The first-order valence-corrected chi connectivity index (χ1v) is 6.71. The summed E-state index contributed by atoms with van der Waals surface area (Å²) in [5.41, 5.74) is 6.20. The Morgan fingerprint density at radius 2 is 2.09 bits per heavy atom. The Morgan fingerprint density at radius 1 is 1.27 bits per heavy atom. The molecule has 3 aromatic rings. The summed E-state index contributed by atoms with van der Waals surface area (Å²) >= 11 is 0. The van der Waals surface area contributed by atoms with Crippen LogP contribution in [0.25, 0.3) is 10.9 Å². The van der Waals surface area contributed by atoms with Crippen molar-refractivity contribution in [2.45, 2.75) is 6.54 Å². The summed E-state index contributed by atoms with van der Waals surface area (Å²) in [7, 11) is 1.63. The van der Waals surface area contributed by atoms with Crippen LogP contribution in [-0.4, -0.2) is 27.6 Å². The monoisotopic (exact) mass is 297 g/mol. The minimum Gasteiger partial charge on any atom is -0.497 e. The molecule has 22 heavy (non-hydrogen) atoms. The largest absolute Gasteiger partial charge is 0.497 e. The maximum absolute atomic E-state index is 12.0. The van der Waals surface area contributed by atoms with E-state index in [1.54, 1.807) is 25.6 Å². The molecule has 0 bridgehead atoms. The number of carbonyl (C=O) groups is 1. The van der Waals surface area contributed by atoms with Crippen molar-refractivity contribution in [2.24, 2.45) is 0 Å². The average molecular weight is 297 g/mol. The highest BCUT2D eigenvalue weighted by atomic mass is 16.5. The van der Waals surface area contributed by atoms with Crippen LogP contribution in [0.15, 0.2) is 48.9 Å². The topological polar surface area (TPSA) is 81.1 Å². The molecular formula is C15H15N5O2. The van der Waals surface area contributed by atoms with Crippen LogP contribution in [0, 0.1) is 0 Å².